The minimum absolute atomic E-state index is 0.0228. The molecule has 3 rings (SSSR count). The van der Waals surface area contributed by atoms with Gasteiger partial charge in [-0.15, -0.1) is 6.58 Å². The summed E-state index contributed by atoms with van der Waals surface area (Å²) in [4.78, 5) is 23.9. The zero-order chi connectivity index (χ0) is 21.3. The Balaban J connectivity index is 1.65. The minimum Gasteiger partial charge on any atom is -0.464 e. The summed E-state index contributed by atoms with van der Waals surface area (Å²) in [6.45, 7) is 4.17. The highest BCUT2D eigenvalue weighted by Crippen LogP contribution is 2.44. The summed E-state index contributed by atoms with van der Waals surface area (Å²) in [5, 5.41) is 0. The predicted molar refractivity (Wildman–Crippen MR) is 117 cm³/mol. The Morgan fingerprint density at radius 1 is 1.07 bits per heavy atom. The molecule has 0 fully saturated rings. The van der Waals surface area contributed by atoms with Crippen LogP contribution < -0.4 is 5.73 Å². The first-order chi connectivity index (χ1) is 14.7. The first-order valence-electron chi connectivity index (χ1n) is 10.1. The Hall–Kier alpha value is -3.02. The number of aldehydes is 1. The van der Waals surface area contributed by atoms with Crippen LogP contribution in [0, 0.1) is 5.92 Å². The largest absolute Gasteiger partial charge is 0.464 e. The third-order valence-corrected chi connectivity index (χ3v) is 5.26. The van der Waals surface area contributed by atoms with E-state index in [-0.39, 0.29) is 19.1 Å². The van der Waals surface area contributed by atoms with Gasteiger partial charge in [0.15, 0.2) is 0 Å². The van der Waals surface area contributed by atoms with Crippen LogP contribution in [-0.4, -0.2) is 38.1 Å². The molecular formula is C25H27NO4. The molecule has 2 N–H and O–H groups in total. The van der Waals surface area contributed by atoms with Crippen molar-refractivity contribution in [3.63, 3.8) is 0 Å². The average Bonchev–Trinajstić information content (AvgIpc) is 3.10. The summed E-state index contributed by atoms with van der Waals surface area (Å²) in [5.74, 6) is -1.41. The third kappa shape index (κ3) is 4.93. The van der Waals surface area contributed by atoms with Crippen LogP contribution in [0.1, 0.15) is 23.5 Å². The summed E-state index contributed by atoms with van der Waals surface area (Å²) >= 11 is 0. The van der Waals surface area contributed by atoms with E-state index < -0.39 is 17.9 Å². The fraction of sp³-hybridized carbons (Fsp3) is 0.280. The molecule has 5 nitrogen and oxygen atoms in total. The van der Waals surface area contributed by atoms with Crippen LogP contribution >= 0.6 is 0 Å². The number of ether oxygens (including phenoxy) is 2. The highest BCUT2D eigenvalue weighted by Gasteiger charge is 2.32. The highest BCUT2D eigenvalue weighted by molar-refractivity contribution is 5.80. The van der Waals surface area contributed by atoms with Gasteiger partial charge >= 0.3 is 5.97 Å². The van der Waals surface area contributed by atoms with Gasteiger partial charge in [0, 0.05) is 5.92 Å². The molecule has 156 valence electrons. The van der Waals surface area contributed by atoms with E-state index in [0.717, 1.165) is 28.7 Å². The van der Waals surface area contributed by atoms with Crippen LogP contribution in [0.15, 0.2) is 73.3 Å². The maximum atomic E-state index is 12.7. The minimum atomic E-state index is -0.974. The second kappa shape index (κ2) is 10.7. The summed E-state index contributed by atoms with van der Waals surface area (Å²) in [6, 6.07) is 15.3. The summed E-state index contributed by atoms with van der Waals surface area (Å²) < 4.78 is 11.1. The lowest BCUT2D eigenvalue weighted by molar-refractivity contribution is -0.152. The lowest BCUT2D eigenvalue weighted by atomic mass is 9.98. The van der Waals surface area contributed by atoms with Crippen LogP contribution in [0.2, 0.25) is 0 Å². The number of benzene rings is 2. The number of rotatable bonds is 11. The lowest BCUT2D eigenvalue weighted by Gasteiger charge is -2.20. The fourth-order valence-corrected chi connectivity index (χ4v) is 3.67. The van der Waals surface area contributed by atoms with Crippen LogP contribution in [-0.2, 0) is 19.1 Å². The summed E-state index contributed by atoms with van der Waals surface area (Å²) in [7, 11) is 0. The Kier molecular flexibility index (Phi) is 7.71. The first kappa shape index (κ1) is 21.7. The van der Waals surface area contributed by atoms with Gasteiger partial charge < -0.3 is 20.0 Å². The van der Waals surface area contributed by atoms with Gasteiger partial charge in [-0.3, -0.25) is 4.79 Å². The smallest absolute Gasteiger partial charge is 0.313 e. The molecule has 0 radical (unpaired) electrons. The average molecular weight is 405 g/mol. The maximum Gasteiger partial charge on any atom is 0.313 e. The number of hydrogen-bond acceptors (Lipinski definition) is 5. The molecule has 2 atom stereocenters. The normalized spacial score (nSPS) is 14.7. The number of carbonyl (C=O) groups excluding carboxylic acids is 2. The molecule has 0 aliphatic heterocycles. The second-order valence-corrected chi connectivity index (χ2v) is 7.21. The standard InChI is InChI=1S/C25H27NO4/c1-2-3-4-9-14-29-16-23(24(26)15-27)25(28)30-17-22-20-12-7-5-10-18(20)19-11-6-8-13-21(19)22/h2,4-13,15,22-24H,1,3,14,16-17,26H2. The zero-order valence-corrected chi connectivity index (χ0v) is 16.9. The first-order valence-corrected chi connectivity index (χ1v) is 10.1. The molecule has 0 saturated heterocycles. The molecule has 2 unspecified atom stereocenters. The van der Waals surface area contributed by atoms with Crippen molar-refractivity contribution in [2.24, 2.45) is 11.7 Å². The molecule has 0 aromatic heterocycles. The monoisotopic (exact) mass is 405 g/mol. The maximum absolute atomic E-state index is 12.7. The van der Waals surface area contributed by atoms with Crippen LogP contribution in [0.3, 0.4) is 0 Å². The topological polar surface area (TPSA) is 78.6 Å². The van der Waals surface area contributed by atoms with Gasteiger partial charge in [-0.1, -0.05) is 66.8 Å². The Labute approximate surface area is 177 Å². The van der Waals surface area contributed by atoms with Gasteiger partial charge in [-0.25, -0.2) is 0 Å². The van der Waals surface area contributed by atoms with Crippen molar-refractivity contribution < 1.29 is 19.1 Å². The highest BCUT2D eigenvalue weighted by atomic mass is 16.5. The van der Waals surface area contributed by atoms with Crippen molar-refractivity contribution in [3.05, 3.63) is 84.5 Å². The van der Waals surface area contributed by atoms with Gasteiger partial charge in [0.1, 0.15) is 18.8 Å². The Morgan fingerprint density at radius 2 is 1.70 bits per heavy atom. The van der Waals surface area contributed by atoms with E-state index in [1.54, 1.807) is 6.08 Å². The van der Waals surface area contributed by atoms with Gasteiger partial charge in [0.2, 0.25) is 0 Å². The quantitative estimate of drug-likeness (QED) is 0.267. The number of allylic oxidation sites excluding steroid dienone is 2. The number of carbonyl (C=O) groups is 2. The van der Waals surface area contributed by atoms with E-state index in [1.165, 1.54) is 0 Å². The predicted octanol–water partition coefficient (Wildman–Crippen LogP) is 3.63. The van der Waals surface area contributed by atoms with E-state index in [1.807, 2.05) is 36.4 Å². The van der Waals surface area contributed by atoms with E-state index >= 15 is 0 Å². The van der Waals surface area contributed by atoms with Gasteiger partial charge in [0.25, 0.3) is 0 Å². The van der Waals surface area contributed by atoms with Crippen LogP contribution in [0.4, 0.5) is 0 Å². The van der Waals surface area contributed by atoms with Gasteiger partial charge in [-0.05, 0) is 28.7 Å². The molecule has 1 aliphatic rings. The van der Waals surface area contributed by atoms with Crippen molar-refractivity contribution in [3.8, 4) is 11.1 Å². The molecule has 2 aromatic carbocycles. The van der Waals surface area contributed by atoms with Gasteiger partial charge in [0.05, 0.1) is 19.3 Å². The SMILES string of the molecule is C=CCC=CCOCC(C(=O)OCC1c2ccccc2-c2ccccc21)C(N)C=O. The molecule has 0 saturated carbocycles. The molecule has 0 bridgehead atoms. The fourth-order valence-electron chi connectivity index (χ4n) is 3.67. The molecule has 30 heavy (non-hydrogen) atoms. The number of esters is 1. The zero-order valence-electron chi connectivity index (χ0n) is 16.9. The van der Waals surface area contributed by atoms with Crippen LogP contribution in [0.25, 0.3) is 11.1 Å². The van der Waals surface area contributed by atoms with E-state index in [2.05, 4.69) is 30.8 Å². The second-order valence-electron chi connectivity index (χ2n) is 7.21. The van der Waals surface area contributed by atoms with Crippen molar-refractivity contribution >= 4 is 12.3 Å². The van der Waals surface area contributed by atoms with Crippen molar-refractivity contribution in [2.45, 2.75) is 18.4 Å². The third-order valence-electron chi connectivity index (χ3n) is 5.26. The molecular weight excluding hydrogens is 378 g/mol. The summed E-state index contributed by atoms with van der Waals surface area (Å²) in [5.41, 5.74) is 10.4. The molecule has 5 heteroatoms. The molecule has 1 aliphatic carbocycles. The molecule has 0 heterocycles. The van der Waals surface area contributed by atoms with Gasteiger partial charge in [-0.2, -0.15) is 0 Å². The Bertz CT molecular complexity index is 875. The summed E-state index contributed by atoms with van der Waals surface area (Å²) in [6.07, 6.45) is 6.83. The van der Waals surface area contributed by atoms with E-state index in [4.69, 9.17) is 15.2 Å². The number of fused-ring (bicyclic) bond motifs is 3. The number of hydrogen-bond donors (Lipinski definition) is 1. The van der Waals surface area contributed by atoms with Crippen molar-refractivity contribution in [1.82, 2.24) is 0 Å². The van der Waals surface area contributed by atoms with Crippen LogP contribution in [0.5, 0.6) is 0 Å². The lowest BCUT2D eigenvalue weighted by Crippen LogP contribution is -2.41. The molecule has 2 aromatic rings. The van der Waals surface area contributed by atoms with E-state index in [9.17, 15) is 9.59 Å². The Morgan fingerprint density at radius 3 is 2.30 bits per heavy atom. The van der Waals surface area contributed by atoms with Crippen molar-refractivity contribution in [2.75, 3.05) is 19.8 Å². The van der Waals surface area contributed by atoms with E-state index in [0.29, 0.717) is 12.9 Å². The van der Waals surface area contributed by atoms with Crippen molar-refractivity contribution in [1.29, 1.82) is 0 Å². The molecule has 0 spiro atoms. The molecule has 0 amide bonds. The number of nitrogens with two attached hydrogens (primary N) is 1.